The molecule has 34 heavy (non-hydrogen) atoms. The molecule has 0 aliphatic rings. The highest BCUT2D eigenvalue weighted by Crippen LogP contribution is 2.27. The van der Waals surface area contributed by atoms with Crippen molar-refractivity contribution in [2.45, 2.75) is 59.6 Å². The number of nitrogens with zero attached hydrogens (tertiary/aromatic N) is 1. The number of aryl methyl sites for hydroxylation is 2. The summed E-state index contributed by atoms with van der Waals surface area (Å²) in [5.41, 5.74) is 3.77. The second-order valence-corrected chi connectivity index (χ2v) is 8.13. The number of likely N-dealkylation sites (N-methyl/N-ethyl adjacent to an activating group) is 2. The minimum atomic E-state index is -0.670. The van der Waals surface area contributed by atoms with E-state index in [0.29, 0.717) is 12.1 Å². The van der Waals surface area contributed by atoms with E-state index in [9.17, 15) is 9.90 Å². The number of aliphatic hydroxyl groups is 1. The Labute approximate surface area is 210 Å². The summed E-state index contributed by atoms with van der Waals surface area (Å²) < 4.78 is 0. The fraction of sp³-hybridized carbons (Fsp3) is 0.500. The first-order valence-corrected chi connectivity index (χ1v) is 11.7. The molecular weight excluding hydrogens is 454 g/mol. The van der Waals surface area contributed by atoms with E-state index in [4.69, 9.17) is 10.2 Å². The molecule has 0 radical (unpaired) electrons. The predicted molar refractivity (Wildman–Crippen MR) is 142 cm³/mol. The number of hydrogen-bond acceptors (Lipinski definition) is 6. The monoisotopic (exact) mass is 495 g/mol. The lowest BCUT2D eigenvalue weighted by Crippen LogP contribution is -2.44. The minimum Gasteiger partial charge on any atom is -0.504 e. The molecule has 0 saturated heterocycles. The van der Waals surface area contributed by atoms with Crippen LogP contribution in [0.4, 0.5) is 5.69 Å². The lowest BCUT2D eigenvalue weighted by Gasteiger charge is -2.29. The van der Waals surface area contributed by atoms with E-state index in [0.717, 1.165) is 42.7 Å². The van der Waals surface area contributed by atoms with Crippen molar-refractivity contribution in [3.63, 3.8) is 0 Å². The van der Waals surface area contributed by atoms with E-state index < -0.39 is 6.10 Å². The number of nitrogens with one attached hydrogen (secondary N) is 2. The van der Waals surface area contributed by atoms with Crippen LogP contribution >= 0.6 is 12.4 Å². The lowest BCUT2D eigenvalue weighted by atomic mass is 10.1. The summed E-state index contributed by atoms with van der Waals surface area (Å²) in [6.07, 6.45) is 1.24. The van der Waals surface area contributed by atoms with E-state index in [1.165, 1.54) is 12.1 Å². The van der Waals surface area contributed by atoms with Crippen molar-refractivity contribution < 1.29 is 20.1 Å². The molecule has 7 nitrogen and oxygen atoms in total. The number of hydrogen-bond donors (Lipinski definition) is 5. The van der Waals surface area contributed by atoms with Crippen molar-refractivity contribution in [1.82, 2.24) is 10.2 Å². The van der Waals surface area contributed by atoms with Gasteiger partial charge in [-0.05, 0) is 75.6 Å². The van der Waals surface area contributed by atoms with Crippen LogP contribution in [-0.4, -0.2) is 58.9 Å². The van der Waals surface area contributed by atoms with Crippen LogP contribution in [0.1, 0.15) is 56.4 Å². The van der Waals surface area contributed by atoms with Gasteiger partial charge in [-0.3, -0.25) is 9.69 Å². The standard InChI is InChI=1S/C17H28N2O.C9H13NO3.ClH/c1-6-12-19(8-3)15(7-2)17(20)18-16-13(4)10-9-11-14(16)5;1-10-5-9(13)6-2-3-7(11)8(12)4-6;/h9-11,15H,6-8,12H2,1-5H3,(H,18,20);2-4,9-13H,5H2,1H3;1H/t;9-;/m.0./s1. The minimum absolute atomic E-state index is 0. The molecule has 8 heteroatoms. The Bertz CT molecular complexity index is 859. The van der Waals surface area contributed by atoms with E-state index in [1.807, 2.05) is 32.0 Å². The highest BCUT2D eigenvalue weighted by Gasteiger charge is 2.23. The molecule has 1 amide bonds. The van der Waals surface area contributed by atoms with Crippen LogP contribution in [0.15, 0.2) is 36.4 Å². The number of rotatable bonds is 10. The molecule has 2 rings (SSSR count). The van der Waals surface area contributed by atoms with Crippen molar-refractivity contribution in [1.29, 1.82) is 0 Å². The number of benzene rings is 2. The summed E-state index contributed by atoms with van der Waals surface area (Å²) >= 11 is 0. The summed E-state index contributed by atoms with van der Waals surface area (Å²) in [6.45, 7) is 12.7. The van der Waals surface area contributed by atoms with Crippen LogP contribution in [0.5, 0.6) is 11.5 Å². The Morgan fingerprint density at radius 2 is 1.65 bits per heavy atom. The molecular formula is C26H42ClN3O4. The van der Waals surface area contributed by atoms with Crippen LogP contribution in [0.25, 0.3) is 0 Å². The number of carbonyl (C=O) groups is 1. The molecule has 192 valence electrons. The van der Waals surface area contributed by atoms with Gasteiger partial charge in [0.25, 0.3) is 0 Å². The van der Waals surface area contributed by atoms with Gasteiger partial charge in [-0.25, -0.2) is 0 Å². The number of aliphatic hydroxyl groups excluding tert-OH is 1. The molecule has 0 saturated carbocycles. The van der Waals surface area contributed by atoms with Gasteiger partial charge in [-0.2, -0.15) is 0 Å². The number of amides is 1. The lowest BCUT2D eigenvalue weighted by molar-refractivity contribution is -0.121. The molecule has 1 unspecified atom stereocenters. The van der Waals surface area contributed by atoms with Gasteiger partial charge in [0.05, 0.1) is 12.1 Å². The van der Waals surface area contributed by atoms with Gasteiger partial charge in [0.2, 0.25) is 5.91 Å². The quantitative estimate of drug-likeness (QED) is 0.310. The Balaban J connectivity index is 0.000000676. The van der Waals surface area contributed by atoms with Gasteiger partial charge in [-0.1, -0.05) is 45.0 Å². The third-order valence-electron chi connectivity index (χ3n) is 5.56. The SMILES string of the molecule is CCCN(CC)C(CC)C(=O)Nc1c(C)cccc1C.CNC[C@H](O)c1ccc(O)c(O)c1.Cl. The van der Waals surface area contributed by atoms with E-state index in [-0.39, 0.29) is 35.9 Å². The van der Waals surface area contributed by atoms with Gasteiger partial charge in [0.1, 0.15) is 0 Å². The van der Waals surface area contributed by atoms with Crippen LogP contribution in [-0.2, 0) is 4.79 Å². The zero-order chi connectivity index (χ0) is 25.0. The molecule has 0 bridgehead atoms. The fourth-order valence-electron chi connectivity index (χ4n) is 3.71. The zero-order valence-electron chi connectivity index (χ0n) is 21.3. The second kappa shape index (κ2) is 16.3. The number of anilines is 1. The molecule has 0 aliphatic heterocycles. The summed E-state index contributed by atoms with van der Waals surface area (Å²) in [6, 6.07) is 10.3. The highest BCUT2D eigenvalue weighted by atomic mass is 35.5. The molecule has 2 aromatic carbocycles. The second-order valence-electron chi connectivity index (χ2n) is 8.13. The highest BCUT2D eigenvalue weighted by molar-refractivity contribution is 5.96. The third-order valence-corrected chi connectivity index (χ3v) is 5.56. The Hall–Kier alpha value is -2.32. The maximum Gasteiger partial charge on any atom is 0.241 e. The van der Waals surface area contributed by atoms with Crippen LogP contribution in [0.2, 0.25) is 0 Å². The first-order valence-electron chi connectivity index (χ1n) is 11.7. The summed E-state index contributed by atoms with van der Waals surface area (Å²) in [7, 11) is 1.73. The number of phenolic OH excluding ortho intramolecular Hbond substituents is 2. The average Bonchev–Trinajstić information content (AvgIpc) is 2.78. The fourth-order valence-corrected chi connectivity index (χ4v) is 3.71. The van der Waals surface area contributed by atoms with Crippen molar-refractivity contribution in [3.05, 3.63) is 53.1 Å². The average molecular weight is 496 g/mol. The van der Waals surface area contributed by atoms with Gasteiger partial charge in [0, 0.05) is 12.2 Å². The maximum atomic E-state index is 12.6. The zero-order valence-corrected chi connectivity index (χ0v) is 22.1. The molecule has 0 heterocycles. The van der Waals surface area contributed by atoms with E-state index >= 15 is 0 Å². The topological polar surface area (TPSA) is 105 Å². The Kier molecular flexibility index (Phi) is 15.2. The summed E-state index contributed by atoms with van der Waals surface area (Å²) in [4.78, 5) is 14.8. The number of phenols is 2. The Morgan fingerprint density at radius 1 is 1.03 bits per heavy atom. The molecule has 5 N–H and O–H groups in total. The normalized spacial score (nSPS) is 12.2. The molecule has 0 spiro atoms. The van der Waals surface area contributed by atoms with Gasteiger partial charge >= 0.3 is 0 Å². The van der Waals surface area contributed by atoms with Crippen molar-refractivity contribution >= 4 is 24.0 Å². The number of para-hydroxylation sites is 1. The van der Waals surface area contributed by atoms with E-state index in [2.05, 4.69) is 36.3 Å². The first kappa shape index (κ1) is 31.7. The molecule has 0 aliphatic carbocycles. The smallest absolute Gasteiger partial charge is 0.241 e. The maximum absolute atomic E-state index is 12.6. The summed E-state index contributed by atoms with van der Waals surface area (Å²) in [5.74, 6) is -0.284. The Morgan fingerprint density at radius 3 is 2.12 bits per heavy atom. The number of halogens is 1. The third kappa shape index (κ3) is 9.50. The van der Waals surface area contributed by atoms with Crippen molar-refractivity contribution in [3.8, 4) is 11.5 Å². The van der Waals surface area contributed by atoms with E-state index in [1.54, 1.807) is 13.1 Å². The van der Waals surface area contributed by atoms with Crippen molar-refractivity contribution in [2.75, 3.05) is 32.0 Å². The van der Waals surface area contributed by atoms with Crippen molar-refractivity contribution in [2.24, 2.45) is 0 Å². The van der Waals surface area contributed by atoms with Crippen LogP contribution in [0, 0.1) is 13.8 Å². The molecule has 2 atom stereocenters. The number of carbonyl (C=O) groups excluding carboxylic acids is 1. The first-order chi connectivity index (χ1) is 15.7. The molecule has 0 fully saturated rings. The molecule has 2 aromatic rings. The van der Waals surface area contributed by atoms with Gasteiger partial charge in [0.15, 0.2) is 11.5 Å². The largest absolute Gasteiger partial charge is 0.504 e. The number of aromatic hydroxyl groups is 2. The summed E-state index contributed by atoms with van der Waals surface area (Å²) in [5, 5.41) is 33.6. The van der Waals surface area contributed by atoms with Crippen LogP contribution in [0.3, 0.4) is 0 Å². The van der Waals surface area contributed by atoms with Gasteiger partial charge in [-0.15, -0.1) is 12.4 Å². The molecule has 0 aromatic heterocycles. The van der Waals surface area contributed by atoms with Gasteiger partial charge < -0.3 is 26.0 Å². The van der Waals surface area contributed by atoms with Crippen LogP contribution < -0.4 is 10.6 Å². The predicted octanol–water partition coefficient (Wildman–Crippen LogP) is 4.52.